The fourth-order valence-electron chi connectivity index (χ4n) is 4.87. The van der Waals surface area contributed by atoms with Crippen LogP contribution in [0.15, 0.2) is 67.1 Å². The molecule has 2 N–H and O–H groups in total. The molecule has 36 heavy (non-hydrogen) atoms. The minimum Gasteiger partial charge on any atom is -0.343 e. The van der Waals surface area contributed by atoms with Crippen LogP contribution in [0.25, 0.3) is 27.7 Å². The number of likely N-dealkylation sites (tertiary alicyclic amines) is 1. The number of nitrogens with zero attached hydrogens (tertiary/aromatic N) is 5. The van der Waals surface area contributed by atoms with Crippen LogP contribution in [0.1, 0.15) is 41.7 Å². The van der Waals surface area contributed by atoms with Gasteiger partial charge in [-0.15, -0.1) is 0 Å². The SMILES string of the molecule is CCC(=O)Nc1ccc(C(=O)N2CCC(c3cc4c(-c5cnn6ncccc56)ccnc4[nH]3)C2)cc1. The number of pyridine rings is 1. The molecule has 1 aromatic carbocycles. The number of rotatable bonds is 5. The molecule has 4 aromatic heterocycles. The van der Waals surface area contributed by atoms with Crippen LogP contribution in [0.4, 0.5) is 5.69 Å². The number of hydrogen-bond acceptors (Lipinski definition) is 5. The first-order chi connectivity index (χ1) is 17.6. The second-order valence-corrected chi connectivity index (χ2v) is 9.02. The number of benzene rings is 1. The van der Waals surface area contributed by atoms with Gasteiger partial charge < -0.3 is 15.2 Å². The van der Waals surface area contributed by atoms with Crippen LogP contribution in [0.5, 0.6) is 0 Å². The van der Waals surface area contributed by atoms with Gasteiger partial charge in [0.2, 0.25) is 5.91 Å². The van der Waals surface area contributed by atoms with E-state index < -0.39 is 0 Å². The molecule has 0 aliphatic carbocycles. The summed E-state index contributed by atoms with van der Waals surface area (Å²) in [7, 11) is 0. The summed E-state index contributed by atoms with van der Waals surface area (Å²) in [5.74, 6) is 0.148. The molecule has 1 saturated heterocycles. The van der Waals surface area contributed by atoms with Gasteiger partial charge in [0.05, 0.1) is 11.7 Å². The van der Waals surface area contributed by atoms with Gasteiger partial charge in [0.1, 0.15) is 5.65 Å². The van der Waals surface area contributed by atoms with Gasteiger partial charge in [0.15, 0.2) is 0 Å². The summed E-state index contributed by atoms with van der Waals surface area (Å²) in [6.45, 7) is 3.13. The third-order valence-electron chi connectivity index (χ3n) is 6.80. The van der Waals surface area contributed by atoms with Crippen molar-refractivity contribution in [2.45, 2.75) is 25.7 Å². The van der Waals surface area contributed by atoms with E-state index in [0.717, 1.165) is 39.8 Å². The molecule has 1 atom stereocenters. The number of fused-ring (bicyclic) bond motifs is 2. The summed E-state index contributed by atoms with van der Waals surface area (Å²) in [6.07, 6.45) is 6.63. The normalized spacial score (nSPS) is 15.6. The van der Waals surface area contributed by atoms with E-state index in [0.29, 0.717) is 30.8 Å². The van der Waals surface area contributed by atoms with Crippen LogP contribution < -0.4 is 5.32 Å². The second-order valence-electron chi connectivity index (χ2n) is 9.02. The Kier molecular flexibility index (Phi) is 5.44. The molecule has 180 valence electrons. The van der Waals surface area contributed by atoms with Crippen LogP contribution in [0.2, 0.25) is 0 Å². The molecule has 9 nitrogen and oxygen atoms in total. The van der Waals surface area contributed by atoms with E-state index in [4.69, 9.17) is 0 Å². The Morgan fingerprint density at radius 2 is 1.94 bits per heavy atom. The first-order valence-corrected chi connectivity index (χ1v) is 12.1. The maximum Gasteiger partial charge on any atom is 0.253 e. The molecule has 1 unspecified atom stereocenters. The molecule has 1 aliphatic rings. The van der Waals surface area contributed by atoms with Gasteiger partial charge in [0, 0.05) is 65.7 Å². The van der Waals surface area contributed by atoms with Crippen molar-refractivity contribution in [3.63, 3.8) is 0 Å². The lowest BCUT2D eigenvalue weighted by molar-refractivity contribution is -0.115. The van der Waals surface area contributed by atoms with E-state index in [1.54, 1.807) is 48.2 Å². The zero-order valence-electron chi connectivity index (χ0n) is 19.8. The summed E-state index contributed by atoms with van der Waals surface area (Å²) >= 11 is 0. The zero-order valence-corrected chi connectivity index (χ0v) is 19.8. The zero-order chi connectivity index (χ0) is 24.6. The monoisotopic (exact) mass is 479 g/mol. The lowest BCUT2D eigenvalue weighted by Gasteiger charge is -2.16. The van der Waals surface area contributed by atoms with Gasteiger partial charge in [-0.25, -0.2) is 4.98 Å². The highest BCUT2D eigenvalue weighted by Crippen LogP contribution is 2.35. The summed E-state index contributed by atoms with van der Waals surface area (Å²) in [5, 5.41) is 12.5. The average Bonchev–Trinajstić information content (AvgIpc) is 3.66. The topological polar surface area (TPSA) is 108 Å². The second kappa shape index (κ2) is 8.92. The number of amides is 2. The van der Waals surface area contributed by atoms with Gasteiger partial charge in [-0.05, 0) is 60.5 Å². The van der Waals surface area contributed by atoms with Crippen LogP contribution in [0, 0.1) is 0 Å². The summed E-state index contributed by atoms with van der Waals surface area (Å²) in [6, 6.07) is 15.1. The highest BCUT2D eigenvalue weighted by atomic mass is 16.2. The largest absolute Gasteiger partial charge is 0.343 e. The van der Waals surface area contributed by atoms with Crippen LogP contribution >= 0.6 is 0 Å². The van der Waals surface area contributed by atoms with Crippen LogP contribution in [-0.2, 0) is 4.79 Å². The predicted octanol–water partition coefficient (Wildman–Crippen LogP) is 4.25. The van der Waals surface area contributed by atoms with Crippen LogP contribution in [0.3, 0.4) is 0 Å². The molecular formula is C27H25N7O2. The van der Waals surface area contributed by atoms with Crippen molar-refractivity contribution in [1.82, 2.24) is 29.7 Å². The Hall–Kier alpha value is -4.53. The molecule has 1 aliphatic heterocycles. The molecule has 0 radical (unpaired) electrons. The molecule has 0 saturated carbocycles. The minimum absolute atomic E-state index is 0.000326. The third-order valence-corrected chi connectivity index (χ3v) is 6.80. The van der Waals surface area contributed by atoms with Crippen molar-refractivity contribution in [2.75, 3.05) is 18.4 Å². The first kappa shape index (κ1) is 22.0. The number of nitrogens with one attached hydrogen (secondary N) is 2. The molecule has 5 aromatic rings. The molecule has 2 amide bonds. The third kappa shape index (κ3) is 3.88. The first-order valence-electron chi connectivity index (χ1n) is 12.1. The maximum atomic E-state index is 13.1. The Labute approximate surface area is 207 Å². The highest BCUT2D eigenvalue weighted by molar-refractivity contribution is 5.98. The van der Waals surface area contributed by atoms with E-state index in [2.05, 4.69) is 31.5 Å². The molecule has 5 heterocycles. The van der Waals surface area contributed by atoms with Gasteiger partial charge in [-0.2, -0.15) is 14.8 Å². The lowest BCUT2D eigenvalue weighted by Crippen LogP contribution is -2.28. The van der Waals surface area contributed by atoms with Crippen molar-refractivity contribution < 1.29 is 9.59 Å². The number of carbonyl (C=O) groups is 2. The summed E-state index contributed by atoms with van der Waals surface area (Å²) in [5.41, 5.74) is 6.20. The Morgan fingerprint density at radius 3 is 2.78 bits per heavy atom. The van der Waals surface area contributed by atoms with Gasteiger partial charge in [-0.3, -0.25) is 9.59 Å². The predicted molar refractivity (Wildman–Crippen MR) is 137 cm³/mol. The Morgan fingerprint density at radius 1 is 1.08 bits per heavy atom. The lowest BCUT2D eigenvalue weighted by atomic mass is 10.0. The smallest absolute Gasteiger partial charge is 0.253 e. The molecule has 0 bridgehead atoms. The van der Waals surface area contributed by atoms with E-state index >= 15 is 0 Å². The molecular weight excluding hydrogens is 454 g/mol. The Balaban J connectivity index is 1.22. The van der Waals surface area contributed by atoms with Crippen molar-refractivity contribution in [3.05, 3.63) is 78.4 Å². The Bertz CT molecular complexity index is 1590. The van der Waals surface area contributed by atoms with E-state index in [-0.39, 0.29) is 17.7 Å². The fourth-order valence-corrected chi connectivity index (χ4v) is 4.87. The fraction of sp³-hybridized carbons (Fsp3) is 0.222. The van der Waals surface area contributed by atoms with E-state index in [1.807, 2.05) is 29.3 Å². The van der Waals surface area contributed by atoms with E-state index in [9.17, 15) is 9.59 Å². The van der Waals surface area contributed by atoms with Crippen molar-refractivity contribution in [2.24, 2.45) is 0 Å². The summed E-state index contributed by atoms with van der Waals surface area (Å²) < 4.78 is 1.62. The molecule has 6 rings (SSSR count). The van der Waals surface area contributed by atoms with E-state index in [1.165, 1.54) is 0 Å². The molecule has 1 fully saturated rings. The number of carbonyl (C=O) groups excluding carboxylic acids is 2. The van der Waals surface area contributed by atoms with Gasteiger partial charge in [-0.1, -0.05) is 6.92 Å². The summed E-state index contributed by atoms with van der Waals surface area (Å²) in [4.78, 5) is 34.6. The molecule has 0 spiro atoms. The highest BCUT2D eigenvalue weighted by Gasteiger charge is 2.29. The van der Waals surface area contributed by atoms with Gasteiger partial charge in [0.25, 0.3) is 5.91 Å². The average molecular weight is 480 g/mol. The number of aromatic amines is 1. The van der Waals surface area contributed by atoms with Gasteiger partial charge >= 0.3 is 0 Å². The number of aromatic nitrogens is 5. The number of anilines is 1. The standard InChI is InChI=1S/C27H25N7O2/c1-2-25(35)31-19-7-5-17(6-8-19)27(36)33-13-10-18(16-33)23-14-21-20(9-12-28-26(21)32-23)22-15-30-34-24(22)4-3-11-29-34/h3-9,11-12,14-15,18H,2,10,13,16H2,1H3,(H,28,32)(H,31,35). The number of H-pyrrole nitrogens is 1. The number of hydrogen-bond donors (Lipinski definition) is 2. The van der Waals surface area contributed by atoms with Crippen molar-refractivity contribution in [1.29, 1.82) is 0 Å². The maximum absolute atomic E-state index is 13.1. The van der Waals surface area contributed by atoms with Crippen molar-refractivity contribution in [3.8, 4) is 11.1 Å². The minimum atomic E-state index is -0.0503. The quantitative estimate of drug-likeness (QED) is 0.392. The van der Waals surface area contributed by atoms with Crippen LogP contribution in [-0.4, -0.2) is 54.6 Å². The molecule has 9 heteroatoms. The van der Waals surface area contributed by atoms with Crippen molar-refractivity contribution >= 4 is 34.1 Å².